The molecule has 0 radical (unpaired) electrons. The van der Waals surface area contributed by atoms with Gasteiger partial charge in [-0.15, -0.1) is 0 Å². The fourth-order valence-electron chi connectivity index (χ4n) is 1.79. The van der Waals surface area contributed by atoms with Crippen molar-refractivity contribution in [2.75, 3.05) is 6.61 Å². The zero-order valence-electron chi connectivity index (χ0n) is 8.91. The van der Waals surface area contributed by atoms with E-state index in [4.69, 9.17) is 9.84 Å². The van der Waals surface area contributed by atoms with Gasteiger partial charge in [0.15, 0.2) is 0 Å². The molecule has 1 aliphatic heterocycles. The molecular formula is C10H14N2O4. The molecule has 0 aliphatic carbocycles. The normalized spacial score (nSPS) is 29.6. The third-order valence-corrected chi connectivity index (χ3v) is 2.64. The molecule has 2 N–H and O–H groups in total. The lowest BCUT2D eigenvalue weighted by molar-refractivity contribution is -0.0459. The van der Waals surface area contributed by atoms with E-state index in [0.717, 1.165) is 5.56 Å². The molecule has 0 spiro atoms. The number of ether oxygens (including phenoxy) is 1. The molecule has 0 bridgehead atoms. The maximum atomic E-state index is 11.5. The lowest BCUT2D eigenvalue weighted by atomic mass is 10.2. The quantitative estimate of drug-likeness (QED) is 0.689. The number of rotatable bonds is 2. The van der Waals surface area contributed by atoms with E-state index in [-0.39, 0.29) is 13.0 Å². The number of hydrogen-bond acceptors (Lipinski definition) is 5. The summed E-state index contributed by atoms with van der Waals surface area (Å²) in [7, 11) is 0. The highest BCUT2D eigenvalue weighted by atomic mass is 16.5. The molecule has 1 saturated heterocycles. The molecule has 1 aromatic heterocycles. The molecule has 6 nitrogen and oxygen atoms in total. The van der Waals surface area contributed by atoms with Crippen LogP contribution >= 0.6 is 0 Å². The van der Waals surface area contributed by atoms with Crippen LogP contribution in [-0.4, -0.2) is 38.6 Å². The van der Waals surface area contributed by atoms with Gasteiger partial charge in [-0.2, -0.15) is 0 Å². The molecule has 1 aliphatic rings. The van der Waals surface area contributed by atoms with Crippen molar-refractivity contribution in [2.45, 2.75) is 31.8 Å². The van der Waals surface area contributed by atoms with Gasteiger partial charge in [-0.3, -0.25) is 4.57 Å². The summed E-state index contributed by atoms with van der Waals surface area (Å²) in [5.74, 6) is 0. The largest absolute Gasteiger partial charge is 0.394 e. The van der Waals surface area contributed by atoms with Gasteiger partial charge in [0.05, 0.1) is 12.7 Å². The molecule has 0 amide bonds. The van der Waals surface area contributed by atoms with E-state index >= 15 is 0 Å². The molecule has 3 atom stereocenters. The smallest absolute Gasteiger partial charge is 0.349 e. The second-order valence-electron chi connectivity index (χ2n) is 3.94. The van der Waals surface area contributed by atoms with Crippen LogP contribution in [0.15, 0.2) is 17.2 Å². The van der Waals surface area contributed by atoms with Crippen LogP contribution in [0, 0.1) is 6.92 Å². The molecule has 2 heterocycles. The second-order valence-corrected chi connectivity index (χ2v) is 3.94. The molecule has 6 heteroatoms. The van der Waals surface area contributed by atoms with E-state index in [0.29, 0.717) is 0 Å². The molecule has 0 aromatic carbocycles. The Labute approximate surface area is 92.1 Å². The highest BCUT2D eigenvalue weighted by Crippen LogP contribution is 2.27. The monoisotopic (exact) mass is 226 g/mol. The fourth-order valence-corrected chi connectivity index (χ4v) is 1.79. The van der Waals surface area contributed by atoms with Crippen molar-refractivity contribution in [1.29, 1.82) is 0 Å². The zero-order valence-corrected chi connectivity index (χ0v) is 8.91. The van der Waals surface area contributed by atoms with Gasteiger partial charge in [-0.1, -0.05) is 0 Å². The van der Waals surface area contributed by atoms with Crippen LogP contribution in [0.2, 0.25) is 0 Å². The molecule has 2 rings (SSSR count). The van der Waals surface area contributed by atoms with Crippen LogP contribution in [0.4, 0.5) is 0 Å². The Kier molecular flexibility index (Phi) is 3.04. The Bertz CT molecular complexity index is 431. The predicted octanol–water partition coefficient (Wildman–Crippen LogP) is -0.808. The van der Waals surface area contributed by atoms with Crippen LogP contribution in [0.5, 0.6) is 0 Å². The Hall–Kier alpha value is -1.24. The third kappa shape index (κ3) is 1.99. The average molecular weight is 226 g/mol. The first-order valence-corrected chi connectivity index (χ1v) is 5.11. The topological polar surface area (TPSA) is 84.6 Å². The number of aliphatic hydroxyl groups is 2. The van der Waals surface area contributed by atoms with Crippen LogP contribution in [0.3, 0.4) is 0 Å². The highest BCUT2D eigenvalue weighted by molar-refractivity contribution is 5.01. The van der Waals surface area contributed by atoms with Crippen molar-refractivity contribution in [3.8, 4) is 0 Å². The van der Waals surface area contributed by atoms with Gasteiger partial charge >= 0.3 is 5.69 Å². The number of aryl methyl sites for hydroxylation is 1. The first-order valence-electron chi connectivity index (χ1n) is 5.11. The number of aliphatic hydroxyl groups excluding tert-OH is 2. The van der Waals surface area contributed by atoms with Crippen molar-refractivity contribution in [3.63, 3.8) is 0 Å². The SMILES string of the molecule is Cc1cnc(=O)n(C2CC(O)C(CO)O2)c1. The molecule has 1 fully saturated rings. The number of hydrogen-bond donors (Lipinski definition) is 2. The third-order valence-electron chi connectivity index (χ3n) is 2.64. The predicted molar refractivity (Wildman–Crippen MR) is 54.9 cm³/mol. The minimum Gasteiger partial charge on any atom is -0.394 e. The van der Waals surface area contributed by atoms with Gasteiger partial charge in [0.1, 0.15) is 12.3 Å². The van der Waals surface area contributed by atoms with Gasteiger partial charge < -0.3 is 14.9 Å². The van der Waals surface area contributed by atoms with E-state index in [2.05, 4.69) is 4.98 Å². The maximum Gasteiger partial charge on any atom is 0.349 e. The first-order chi connectivity index (χ1) is 7.61. The minimum absolute atomic E-state index is 0.258. The van der Waals surface area contributed by atoms with E-state index in [1.165, 1.54) is 10.8 Å². The Morgan fingerprint density at radius 1 is 1.69 bits per heavy atom. The molecule has 0 saturated carbocycles. The molecule has 1 aromatic rings. The summed E-state index contributed by atoms with van der Waals surface area (Å²) in [5, 5.41) is 18.5. The van der Waals surface area contributed by atoms with Crippen LogP contribution < -0.4 is 5.69 Å². The summed E-state index contributed by atoms with van der Waals surface area (Å²) < 4.78 is 6.71. The van der Waals surface area contributed by atoms with Gasteiger partial charge in [-0.25, -0.2) is 9.78 Å². The van der Waals surface area contributed by atoms with Crippen LogP contribution in [-0.2, 0) is 4.74 Å². The molecular weight excluding hydrogens is 212 g/mol. The fraction of sp³-hybridized carbons (Fsp3) is 0.600. The van der Waals surface area contributed by atoms with Gasteiger partial charge in [-0.05, 0) is 12.5 Å². The van der Waals surface area contributed by atoms with Crippen LogP contribution in [0.25, 0.3) is 0 Å². The molecule has 88 valence electrons. The Balaban J connectivity index is 2.26. The van der Waals surface area contributed by atoms with Crippen molar-refractivity contribution in [1.82, 2.24) is 9.55 Å². The van der Waals surface area contributed by atoms with E-state index < -0.39 is 24.1 Å². The lowest BCUT2D eigenvalue weighted by Crippen LogP contribution is -2.27. The summed E-state index contributed by atoms with van der Waals surface area (Å²) in [6.45, 7) is 1.56. The van der Waals surface area contributed by atoms with Crippen LogP contribution in [0.1, 0.15) is 18.2 Å². The van der Waals surface area contributed by atoms with Crippen molar-refractivity contribution < 1.29 is 14.9 Å². The first kappa shape index (κ1) is 11.3. The summed E-state index contributed by atoms with van der Waals surface area (Å²) in [6, 6.07) is 0. The van der Waals surface area contributed by atoms with Crippen molar-refractivity contribution >= 4 is 0 Å². The zero-order chi connectivity index (χ0) is 11.7. The average Bonchev–Trinajstić information content (AvgIpc) is 2.63. The maximum absolute atomic E-state index is 11.5. The second kappa shape index (κ2) is 4.32. The Morgan fingerprint density at radius 3 is 3.06 bits per heavy atom. The van der Waals surface area contributed by atoms with E-state index in [9.17, 15) is 9.90 Å². The minimum atomic E-state index is -0.748. The standard InChI is InChI=1S/C10H14N2O4/c1-6-3-11-10(15)12(4-6)9-2-7(14)8(5-13)16-9/h3-4,7-9,13-14H,2,5H2,1H3. The summed E-state index contributed by atoms with van der Waals surface area (Å²) in [4.78, 5) is 15.2. The number of nitrogens with zero attached hydrogens (tertiary/aromatic N) is 2. The van der Waals surface area contributed by atoms with Gasteiger partial charge in [0.25, 0.3) is 0 Å². The molecule has 3 unspecified atom stereocenters. The van der Waals surface area contributed by atoms with Gasteiger partial charge in [0, 0.05) is 18.8 Å². The summed E-state index contributed by atoms with van der Waals surface area (Å²) in [6.07, 6.45) is 1.48. The van der Waals surface area contributed by atoms with Crippen molar-refractivity contribution in [2.24, 2.45) is 0 Å². The van der Waals surface area contributed by atoms with Gasteiger partial charge in [0.2, 0.25) is 0 Å². The van der Waals surface area contributed by atoms with E-state index in [1.54, 1.807) is 6.20 Å². The Morgan fingerprint density at radius 2 is 2.44 bits per heavy atom. The summed E-state index contributed by atoms with van der Waals surface area (Å²) >= 11 is 0. The number of aromatic nitrogens is 2. The molecule has 16 heavy (non-hydrogen) atoms. The highest BCUT2D eigenvalue weighted by Gasteiger charge is 2.34. The lowest BCUT2D eigenvalue weighted by Gasteiger charge is -2.14. The summed E-state index contributed by atoms with van der Waals surface area (Å²) in [5.41, 5.74) is 0.423. The van der Waals surface area contributed by atoms with E-state index in [1.807, 2.05) is 6.92 Å². The van der Waals surface area contributed by atoms with Crippen molar-refractivity contribution in [3.05, 3.63) is 28.4 Å².